The van der Waals surface area contributed by atoms with Crippen molar-refractivity contribution in [2.45, 2.75) is 68.7 Å². The van der Waals surface area contributed by atoms with Gasteiger partial charge < -0.3 is 15.2 Å². The molecule has 0 amide bonds. The third-order valence-electron chi connectivity index (χ3n) is 9.99. The van der Waals surface area contributed by atoms with E-state index in [0.29, 0.717) is 58.0 Å². The summed E-state index contributed by atoms with van der Waals surface area (Å²) in [5.74, 6) is 2.00. The van der Waals surface area contributed by atoms with Crippen molar-refractivity contribution in [1.82, 2.24) is 25.2 Å². The predicted molar refractivity (Wildman–Crippen MR) is 166 cm³/mol. The van der Waals surface area contributed by atoms with Crippen molar-refractivity contribution >= 4 is 27.8 Å². The SMILES string of the molecule is C#Cc1cccc2cc(O)cc(-c3ncc4c(C=C5CC6CCC(C5)N6)nc(OC[C@@]56CCCN5C[C@H](F)C6)nc4c3F)c12. The molecular formula is C35H33F2N5O2. The van der Waals surface area contributed by atoms with Crippen LogP contribution < -0.4 is 10.1 Å². The van der Waals surface area contributed by atoms with Crippen molar-refractivity contribution in [3.05, 3.63) is 59.2 Å². The van der Waals surface area contributed by atoms with Crippen LogP contribution in [0, 0.1) is 18.2 Å². The van der Waals surface area contributed by atoms with Gasteiger partial charge in [0.25, 0.3) is 0 Å². The van der Waals surface area contributed by atoms with Crippen molar-refractivity contribution in [2.24, 2.45) is 0 Å². The maximum Gasteiger partial charge on any atom is 0.317 e. The van der Waals surface area contributed by atoms with Crippen molar-refractivity contribution < 1.29 is 18.6 Å². The van der Waals surface area contributed by atoms with Gasteiger partial charge >= 0.3 is 6.01 Å². The lowest BCUT2D eigenvalue weighted by Gasteiger charge is -2.30. The first-order chi connectivity index (χ1) is 21.4. The summed E-state index contributed by atoms with van der Waals surface area (Å²) in [5, 5.41) is 16.0. The summed E-state index contributed by atoms with van der Waals surface area (Å²) in [6.45, 7) is 1.50. The lowest BCUT2D eigenvalue weighted by atomic mass is 9.95. The zero-order valence-corrected chi connectivity index (χ0v) is 24.3. The van der Waals surface area contributed by atoms with Gasteiger partial charge in [-0.1, -0.05) is 23.6 Å². The van der Waals surface area contributed by atoms with E-state index in [-0.39, 0.29) is 29.6 Å². The molecule has 2 bridgehead atoms. The van der Waals surface area contributed by atoms with Crippen molar-refractivity contribution in [3.63, 3.8) is 0 Å². The number of ether oxygens (including phenoxy) is 1. The van der Waals surface area contributed by atoms with Gasteiger partial charge in [-0.05, 0) is 74.7 Å². The smallest absolute Gasteiger partial charge is 0.317 e. The second-order valence-electron chi connectivity index (χ2n) is 12.8. The fourth-order valence-corrected chi connectivity index (χ4v) is 8.04. The highest BCUT2D eigenvalue weighted by molar-refractivity contribution is 6.02. The molecule has 224 valence electrons. The minimum atomic E-state index is -0.886. The van der Waals surface area contributed by atoms with Crippen LogP contribution in [0.4, 0.5) is 8.78 Å². The van der Waals surface area contributed by atoms with E-state index >= 15 is 4.39 Å². The first-order valence-corrected chi connectivity index (χ1v) is 15.5. The molecule has 2 unspecified atom stereocenters. The summed E-state index contributed by atoms with van der Waals surface area (Å²) in [6, 6.07) is 9.42. The average Bonchev–Trinajstić information content (AvgIpc) is 3.66. The Bertz CT molecular complexity index is 1870. The largest absolute Gasteiger partial charge is 0.508 e. The molecule has 4 aliphatic heterocycles. The van der Waals surface area contributed by atoms with Gasteiger partial charge in [0.2, 0.25) is 0 Å². The number of benzene rings is 2. The summed E-state index contributed by atoms with van der Waals surface area (Å²) in [7, 11) is 0. The van der Waals surface area contributed by atoms with Crippen LogP contribution in [0.5, 0.6) is 11.8 Å². The van der Waals surface area contributed by atoms with E-state index in [4.69, 9.17) is 16.1 Å². The molecule has 4 saturated heterocycles. The molecule has 4 aliphatic rings. The Balaban J connectivity index is 1.26. The van der Waals surface area contributed by atoms with Crippen LogP contribution in [0.25, 0.3) is 39.0 Å². The number of nitrogens with zero attached hydrogens (tertiary/aromatic N) is 4. The number of halogens is 2. The Labute approximate surface area is 254 Å². The van der Waals surface area contributed by atoms with Crippen molar-refractivity contribution in [3.8, 4) is 35.4 Å². The lowest BCUT2D eigenvalue weighted by molar-refractivity contribution is 0.107. The third kappa shape index (κ3) is 4.59. The Morgan fingerprint density at radius 3 is 2.86 bits per heavy atom. The maximum absolute atomic E-state index is 16.7. The van der Waals surface area contributed by atoms with Crippen molar-refractivity contribution in [2.75, 3.05) is 19.7 Å². The van der Waals surface area contributed by atoms with Gasteiger partial charge in [-0.2, -0.15) is 9.97 Å². The number of aromatic nitrogens is 3. The van der Waals surface area contributed by atoms with E-state index in [1.54, 1.807) is 24.4 Å². The van der Waals surface area contributed by atoms with Gasteiger partial charge in [-0.15, -0.1) is 6.42 Å². The number of alkyl halides is 1. The Morgan fingerprint density at radius 2 is 2.05 bits per heavy atom. The number of aromatic hydroxyl groups is 1. The van der Waals surface area contributed by atoms with Crippen LogP contribution >= 0.6 is 0 Å². The first-order valence-electron chi connectivity index (χ1n) is 15.5. The van der Waals surface area contributed by atoms with Crippen LogP contribution in [-0.4, -0.2) is 68.4 Å². The standard InChI is InChI=1S/C35H33F2N5O2/c1-2-21-5-3-6-22-14-26(43)15-27(30(21)22)32-31(37)33-28(17-38-32)29(13-20-11-24-7-8-25(12-20)39-24)40-34(41-33)44-19-35-9-4-10-42(35)18-23(36)16-35/h1,3,5-6,13-15,17,23-25,39,43H,4,7-12,16,18-19H2/t23-,24?,25?,35+/m1/s1. The molecule has 4 fully saturated rings. The zero-order valence-electron chi connectivity index (χ0n) is 24.3. The second kappa shape index (κ2) is 10.5. The fourth-order valence-electron chi connectivity index (χ4n) is 8.04. The minimum absolute atomic E-state index is 0.0243. The van der Waals surface area contributed by atoms with Gasteiger partial charge in [0.15, 0.2) is 5.82 Å². The van der Waals surface area contributed by atoms with E-state index < -0.39 is 17.5 Å². The number of phenols is 1. The number of rotatable bonds is 5. The molecule has 6 heterocycles. The van der Waals surface area contributed by atoms with Gasteiger partial charge in [-0.3, -0.25) is 9.88 Å². The lowest BCUT2D eigenvalue weighted by Crippen LogP contribution is -2.43. The van der Waals surface area contributed by atoms with E-state index in [2.05, 4.69) is 26.1 Å². The summed E-state index contributed by atoms with van der Waals surface area (Å²) in [6.07, 6.45) is 14.9. The Hall–Kier alpha value is -4.13. The van der Waals surface area contributed by atoms with Crippen LogP contribution in [0.1, 0.15) is 56.2 Å². The molecule has 0 aliphatic carbocycles. The molecule has 9 heteroatoms. The topological polar surface area (TPSA) is 83.4 Å². The molecule has 0 radical (unpaired) electrons. The number of hydrogen-bond donors (Lipinski definition) is 2. The van der Waals surface area contributed by atoms with E-state index in [9.17, 15) is 9.50 Å². The molecule has 2 aromatic heterocycles. The molecule has 44 heavy (non-hydrogen) atoms. The van der Waals surface area contributed by atoms with Crippen LogP contribution in [0.2, 0.25) is 0 Å². The number of phenolic OH excluding ortho intramolecular Hbond substituents is 1. The van der Waals surface area contributed by atoms with Gasteiger partial charge in [0.1, 0.15) is 29.7 Å². The van der Waals surface area contributed by atoms with Crippen LogP contribution in [-0.2, 0) is 0 Å². The number of terminal acetylenes is 1. The highest BCUT2D eigenvalue weighted by atomic mass is 19.1. The average molecular weight is 594 g/mol. The van der Waals surface area contributed by atoms with Crippen molar-refractivity contribution in [1.29, 1.82) is 0 Å². The molecule has 0 spiro atoms. The third-order valence-corrected chi connectivity index (χ3v) is 9.99. The molecule has 7 nitrogen and oxygen atoms in total. The monoisotopic (exact) mass is 593 g/mol. The highest BCUT2D eigenvalue weighted by Gasteiger charge is 2.49. The summed E-state index contributed by atoms with van der Waals surface area (Å²) >= 11 is 0. The maximum atomic E-state index is 16.7. The summed E-state index contributed by atoms with van der Waals surface area (Å²) in [5.41, 5.74) is 2.47. The van der Waals surface area contributed by atoms with Crippen LogP contribution in [0.3, 0.4) is 0 Å². The fraction of sp³-hybridized carbons (Fsp3) is 0.400. The van der Waals surface area contributed by atoms with Gasteiger partial charge in [-0.25, -0.2) is 8.78 Å². The first kappa shape index (κ1) is 27.4. The number of hydrogen-bond acceptors (Lipinski definition) is 7. The molecule has 2 N–H and O–H groups in total. The minimum Gasteiger partial charge on any atom is -0.508 e. The molecule has 4 atom stereocenters. The second-order valence-corrected chi connectivity index (χ2v) is 12.8. The van der Waals surface area contributed by atoms with Gasteiger partial charge in [0, 0.05) is 53.1 Å². The Kier molecular flexibility index (Phi) is 6.54. The van der Waals surface area contributed by atoms with E-state index in [0.717, 1.165) is 45.1 Å². The van der Waals surface area contributed by atoms with E-state index in [1.165, 1.54) is 11.6 Å². The number of pyridine rings is 1. The predicted octanol–water partition coefficient (Wildman–Crippen LogP) is 5.92. The Morgan fingerprint density at radius 1 is 1.20 bits per heavy atom. The van der Waals surface area contributed by atoms with Gasteiger partial charge in [0.05, 0.1) is 11.2 Å². The summed E-state index contributed by atoms with van der Waals surface area (Å²) < 4.78 is 37.4. The zero-order chi connectivity index (χ0) is 30.0. The normalized spacial score (nSPS) is 26.3. The number of piperidine rings is 1. The molecule has 8 rings (SSSR count). The molecule has 0 saturated carbocycles. The molecule has 2 aromatic carbocycles. The highest BCUT2D eigenvalue weighted by Crippen LogP contribution is 2.41. The van der Waals surface area contributed by atoms with E-state index in [1.807, 2.05) is 12.1 Å². The molecular weight excluding hydrogens is 560 g/mol. The number of nitrogens with one attached hydrogen (secondary N) is 1. The molecule has 4 aromatic rings. The number of fused-ring (bicyclic) bond motifs is 5. The van der Waals surface area contributed by atoms with Crippen LogP contribution in [0.15, 0.2) is 42.1 Å². The summed E-state index contributed by atoms with van der Waals surface area (Å²) in [4.78, 5) is 16.1. The quantitative estimate of drug-likeness (QED) is 0.278.